The standard InChI is InChI=1S/C18H16F3N5OS/c19-18(20,21)13-7-4-8-14(9-13)23-15(27)10-26-16(22)24-25-17(26)28-11-12-5-2-1-3-6-12/h1-9H,10-11H2,(H2,22,24)(H,23,27). The first-order valence-corrected chi connectivity index (χ1v) is 9.14. The van der Waals surface area contributed by atoms with Crippen LogP contribution in [0.3, 0.4) is 0 Å². The predicted molar refractivity (Wildman–Crippen MR) is 101 cm³/mol. The van der Waals surface area contributed by atoms with Crippen molar-refractivity contribution in [3.8, 4) is 0 Å². The Kier molecular flexibility index (Phi) is 5.88. The molecule has 3 N–H and O–H groups in total. The van der Waals surface area contributed by atoms with Gasteiger partial charge in [0.15, 0.2) is 5.16 Å². The van der Waals surface area contributed by atoms with E-state index in [9.17, 15) is 18.0 Å². The summed E-state index contributed by atoms with van der Waals surface area (Å²) in [6.07, 6.45) is -4.49. The Morgan fingerprint density at radius 3 is 2.57 bits per heavy atom. The average Bonchev–Trinajstić information content (AvgIpc) is 3.00. The highest BCUT2D eigenvalue weighted by atomic mass is 32.2. The van der Waals surface area contributed by atoms with Crippen molar-refractivity contribution in [3.63, 3.8) is 0 Å². The molecule has 28 heavy (non-hydrogen) atoms. The fraction of sp³-hybridized carbons (Fsp3) is 0.167. The molecule has 6 nitrogen and oxygen atoms in total. The van der Waals surface area contributed by atoms with Gasteiger partial charge in [-0.1, -0.05) is 48.2 Å². The second kappa shape index (κ2) is 8.34. The molecule has 2 aromatic carbocycles. The van der Waals surface area contributed by atoms with Crippen LogP contribution in [0.2, 0.25) is 0 Å². The molecule has 0 aliphatic rings. The minimum Gasteiger partial charge on any atom is -0.368 e. The lowest BCUT2D eigenvalue weighted by atomic mass is 10.2. The lowest BCUT2D eigenvalue weighted by molar-refractivity contribution is -0.137. The second-order valence-corrected chi connectivity index (χ2v) is 6.77. The zero-order chi connectivity index (χ0) is 20.1. The van der Waals surface area contributed by atoms with Crippen molar-refractivity contribution in [2.75, 3.05) is 11.1 Å². The van der Waals surface area contributed by atoms with E-state index in [2.05, 4.69) is 15.5 Å². The molecule has 1 amide bonds. The van der Waals surface area contributed by atoms with Crippen molar-refractivity contribution in [2.24, 2.45) is 0 Å². The van der Waals surface area contributed by atoms with Crippen LogP contribution in [0.15, 0.2) is 59.8 Å². The Labute approximate surface area is 163 Å². The van der Waals surface area contributed by atoms with Crippen LogP contribution < -0.4 is 11.1 Å². The number of aromatic nitrogens is 3. The summed E-state index contributed by atoms with van der Waals surface area (Å²) in [5, 5.41) is 10.6. The lowest BCUT2D eigenvalue weighted by Gasteiger charge is -2.11. The summed E-state index contributed by atoms with van der Waals surface area (Å²) < 4.78 is 39.8. The normalized spacial score (nSPS) is 11.4. The maximum Gasteiger partial charge on any atom is 0.416 e. The summed E-state index contributed by atoms with van der Waals surface area (Å²) >= 11 is 1.36. The van der Waals surface area contributed by atoms with E-state index >= 15 is 0 Å². The third kappa shape index (κ3) is 5.03. The van der Waals surface area contributed by atoms with Gasteiger partial charge in [0.2, 0.25) is 11.9 Å². The number of carbonyl (C=O) groups is 1. The minimum atomic E-state index is -4.49. The number of benzene rings is 2. The highest BCUT2D eigenvalue weighted by molar-refractivity contribution is 7.98. The van der Waals surface area contributed by atoms with Crippen molar-refractivity contribution < 1.29 is 18.0 Å². The number of anilines is 2. The van der Waals surface area contributed by atoms with Crippen LogP contribution >= 0.6 is 11.8 Å². The molecule has 1 heterocycles. The number of hydrogen-bond donors (Lipinski definition) is 2. The van der Waals surface area contributed by atoms with Crippen LogP contribution in [-0.4, -0.2) is 20.7 Å². The number of hydrogen-bond acceptors (Lipinski definition) is 5. The van der Waals surface area contributed by atoms with Gasteiger partial charge < -0.3 is 11.1 Å². The average molecular weight is 407 g/mol. The number of nitrogens with one attached hydrogen (secondary N) is 1. The molecule has 0 unspecified atom stereocenters. The molecule has 0 saturated carbocycles. The number of rotatable bonds is 6. The third-order valence-electron chi connectivity index (χ3n) is 3.73. The SMILES string of the molecule is Nc1nnc(SCc2ccccc2)n1CC(=O)Nc1cccc(C(F)(F)F)c1. The minimum absolute atomic E-state index is 0.0463. The molecule has 10 heteroatoms. The fourth-order valence-electron chi connectivity index (χ4n) is 2.39. The number of amides is 1. The van der Waals surface area contributed by atoms with Crippen LogP contribution in [0.25, 0.3) is 0 Å². The molecule has 0 aliphatic carbocycles. The van der Waals surface area contributed by atoms with Crippen LogP contribution in [0, 0.1) is 0 Å². The van der Waals surface area contributed by atoms with Gasteiger partial charge in [-0.25, -0.2) is 0 Å². The summed E-state index contributed by atoms with van der Waals surface area (Å²) in [4.78, 5) is 12.3. The van der Waals surface area contributed by atoms with E-state index in [1.807, 2.05) is 30.3 Å². The topological polar surface area (TPSA) is 85.8 Å². The van der Waals surface area contributed by atoms with Gasteiger partial charge in [0.1, 0.15) is 6.54 Å². The Balaban J connectivity index is 1.67. The number of nitrogens with two attached hydrogens (primary N) is 1. The molecule has 0 saturated heterocycles. The quantitative estimate of drug-likeness (QED) is 0.607. The molecule has 0 radical (unpaired) electrons. The van der Waals surface area contributed by atoms with Crippen molar-refractivity contribution in [2.45, 2.75) is 23.6 Å². The lowest BCUT2D eigenvalue weighted by Crippen LogP contribution is -2.20. The smallest absolute Gasteiger partial charge is 0.368 e. The van der Waals surface area contributed by atoms with E-state index < -0.39 is 17.6 Å². The first-order chi connectivity index (χ1) is 13.3. The summed E-state index contributed by atoms with van der Waals surface area (Å²) in [6.45, 7) is -0.216. The Morgan fingerprint density at radius 1 is 1.11 bits per heavy atom. The maximum absolute atomic E-state index is 12.8. The van der Waals surface area contributed by atoms with E-state index in [1.54, 1.807) is 0 Å². The van der Waals surface area contributed by atoms with E-state index in [4.69, 9.17) is 5.73 Å². The number of alkyl halides is 3. The zero-order valence-electron chi connectivity index (χ0n) is 14.5. The monoisotopic (exact) mass is 407 g/mol. The highest BCUT2D eigenvalue weighted by Crippen LogP contribution is 2.30. The van der Waals surface area contributed by atoms with Crippen LogP contribution in [0.5, 0.6) is 0 Å². The highest BCUT2D eigenvalue weighted by Gasteiger charge is 2.30. The number of nitrogen functional groups attached to an aromatic ring is 1. The third-order valence-corrected chi connectivity index (χ3v) is 4.77. The van der Waals surface area contributed by atoms with Gasteiger partial charge in [-0.3, -0.25) is 9.36 Å². The van der Waals surface area contributed by atoms with Gasteiger partial charge in [-0.05, 0) is 23.8 Å². The Bertz CT molecular complexity index is 959. The molecule has 0 atom stereocenters. The first-order valence-electron chi connectivity index (χ1n) is 8.15. The Hall–Kier alpha value is -3.01. The van der Waals surface area contributed by atoms with Crippen LogP contribution in [0.4, 0.5) is 24.8 Å². The molecular weight excluding hydrogens is 391 g/mol. The predicted octanol–water partition coefficient (Wildman–Crippen LogP) is 3.81. The number of thioether (sulfide) groups is 1. The van der Waals surface area contributed by atoms with Gasteiger partial charge in [-0.15, -0.1) is 10.2 Å². The molecule has 1 aromatic heterocycles. The van der Waals surface area contributed by atoms with Crippen molar-refractivity contribution in [1.82, 2.24) is 14.8 Å². The van der Waals surface area contributed by atoms with Gasteiger partial charge >= 0.3 is 6.18 Å². The largest absolute Gasteiger partial charge is 0.416 e. The first kappa shape index (κ1) is 19.7. The molecule has 146 valence electrons. The zero-order valence-corrected chi connectivity index (χ0v) is 15.3. The summed E-state index contributed by atoms with van der Waals surface area (Å²) in [5.74, 6) is 0.121. The van der Waals surface area contributed by atoms with Gasteiger partial charge in [-0.2, -0.15) is 13.2 Å². The summed E-state index contributed by atoms with van der Waals surface area (Å²) in [6, 6.07) is 14.1. The maximum atomic E-state index is 12.8. The number of nitrogens with zero attached hydrogens (tertiary/aromatic N) is 3. The molecule has 3 aromatic rings. The summed E-state index contributed by atoms with van der Waals surface area (Å²) in [5.41, 5.74) is 6.05. The van der Waals surface area contributed by atoms with Gasteiger partial charge in [0.25, 0.3) is 0 Å². The van der Waals surface area contributed by atoms with Crippen molar-refractivity contribution in [3.05, 3.63) is 65.7 Å². The van der Waals surface area contributed by atoms with Crippen molar-refractivity contribution in [1.29, 1.82) is 0 Å². The van der Waals surface area contributed by atoms with Gasteiger partial charge in [0.05, 0.1) is 5.56 Å². The Morgan fingerprint density at radius 2 is 1.86 bits per heavy atom. The van der Waals surface area contributed by atoms with E-state index in [-0.39, 0.29) is 18.2 Å². The van der Waals surface area contributed by atoms with E-state index in [0.717, 1.165) is 17.7 Å². The number of halogens is 3. The van der Waals surface area contributed by atoms with Gasteiger partial charge in [0, 0.05) is 11.4 Å². The van der Waals surface area contributed by atoms with E-state index in [1.165, 1.54) is 28.5 Å². The molecule has 3 rings (SSSR count). The van der Waals surface area contributed by atoms with Crippen LogP contribution in [-0.2, 0) is 23.3 Å². The van der Waals surface area contributed by atoms with Crippen LogP contribution in [0.1, 0.15) is 11.1 Å². The molecule has 0 aliphatic heterocycles. The second-order valence-electron chi connectivity index (χ2n) is 5.83. The summed E-state index contributed by atoms with van der Waals surface area (Å²) in [7, 11) is 0. The van der Waals surface area contributed by atoms with E-state index in [0.29, 0.717) is 10.9 Å². The molecule has 0 fully saturated rings. The molecule has 0 spiro atoms. The molecule has 0 bridgehead atoms. The molecular formula is C18H16F3N5OS. The fourth-order valence-corrected chi connectivity index (χ4v) is 3.30. The van der Waals surface area contributed by atoms with Crippen molar-refractivity contribution >= 4 is 29.3 Å². The number of carbonyl (C=O) groups excluding carboxylic acids is 1.